The third-order valence-electron chi connectivity index (χ3n) is 2.32. The Morgan fingerprint density at radius 2 is 2.17 bits per heavy atom. The summed E-state index contributed by atoms with van der Waals surface area (Å²) >= 11 is 0. The lowest BCUT2D eigenvalue weighted by Gasteiger charge is -2.08. The van der Waals surface area contributed by atoms with Crippen molar-refractivity contribution in [1.82, 2.24) is 9.97 Å². The number of nitrogens with one attached hydrogen (secondary N) is 2. The average Bonchev–Trinajstić information content (AvgIpc) is 2.39. The minimum absolute atomic E-state index is 0.0524. The van der Waals surface area contributed by atoms with Crippen LogP contribution in [0.5, 0.6) is 5.75 Å². The minimum atomic E-state index is -0.533. The zero-order chi connectivity index (χ0) is 13.0. The molecule has 0 atom stereocenters. The van der Waals surface area contributed by atoms with E-state index in [4.69, 9.17) is 4.74 Å². The van der Waals surface area contributed by atoms with Crippen molar-refractivity contribution < 1.29 is 9.53 Å². The first-order chi connectivity index (χ1) is 8.72. The standard InChI is InChI=1S/C12H11N3O3/c1-18-10-5-3-2-4-9(10)15-12(17)8-6-13-7-14-11(8)16/h2-7H,1H3,(H,15,17)(H,13,14,16). The first kappa shape index (κ1) is 11.8. The van der Waals surface area contributed by atoms with Gasteiger partial charge < -0.3 is 15.0 Å². The molecule has 1 aromatic carbocycles. The third kappa shape index (κ3) is 2.37. The Kier molecular flexibility index (Phi) is 3.38. The Bertz CT molecular complexity index is 622. The molecule has 1 aromatic heterocycles. The molecule has 0 fully saturated rings. The summed E-state index contributed by atoms with van der Waals surface area (Å²) in [6, 6.07) is 6.93. The number of para-hydroxylation sites is 2. The molecule has 0 aliphatic rings. The maximum Gasteiger partial charge on any atom is 0.263 e. The van der Waals surface area contributed by atoms with Gasteiger partial charge in [0.05, 0.1) is 19.1 Å². The lowest BCUT2D eigenvalue weighted by atomic mass is 10.2. The van der Waals surface area contributed by atoms with E-state index in [1.165, 1.54) is 19.6 Å². The fourth-order valence-corrected chi connectivity index (χ4v) is 1.44. The van der Waals surface area contributed by atoms with Gasteiger partial charge in [0.1, 0.15) is 11.3 Å². The van der Waals surface area contributed by atoms with Gasteiger partial charge in [-0.05, 0) is 12.1 Å². The first-order valence-corrected chi connectivity index (χ1v) is 5.19. The molecule has 0 spiro atoms. The highest BCUT2D eigenvalue weighted by Gasteiger charge is 2.12. The van der Waals surface area contributed by atoms with Gasteiger partial charge in [0.15, 0.2) is 0 Å². The number of methoxy groups -OCH3 is 1. The number of H-pyrrole nitrogens is 1. The van der Waals surface area contributed by atoms with E-state index in [2.05, 4.69) is 15.3 Å². The van der Waals surface area contributed by atoms with Crippen molar-refractivity contribution in [2.45, 2.75) is 0 Å². The summed E-state index contributed by atoms with van der Waals surface area (Å²) in [4.78, 5) is 29.3. The van der Waals surface area contributed by atoms with Crippen molar-refractivity contribution in [3.8, 4) is 5.75 Å². The molecule has 6 nitrogen and oxygen atoms in total. The number of hydrogen-bond acceptors (Lipinski definition) is 4. The number of nitrogens with zero attached hydrogens (tertiary/aromatic N) is 1. The lowest BCUT2D eigenvalue weighted by Crippen LogP contribution is -2.23. The van der Waals surface area contributed by atoms with E-state index in [1.54, 1.807) is 24.3 Å². The summed E-state index contributed by atoms with van der Waals surface area (Å²) in [5.41, 5.74) is -0.0472. The number of ether oxygens (including phenoxy) is 1. The second-order valence-corrected chi connectivity index (χ2v) is 3.45. The molecule has 18 heavy (non-hydrogen) atoms. The van der Waals surface area contributed by atoms with Crippen molar-refractivity contribution in [3.63, 3.8) is 0 Å². The van der Waals surface area contributed by atoms with E-state index in [-0.39, 0.29) is 5.56 Å². The number of carbonyl (C=O) groups is 1. The highest BCUT2D eigenvalue weighted by molar-refractivity contribution is 6.04. The van der Waals surface area contributed by atoms with E-state index >= 15 is 0 Å². The van der Waals surface area contributed by atoms with E-state index in [0.717, 1.165) is 0 Å². The maximum absolute atomic E-state index is 11.9. The lowest BCUT2D eigenvalue weighted by molar-refractivity contribution is 0.102. The van der Waals surface area contributed by atoms with Gasteiger partial charge in [0.25, 0.3) is 11.5 Å². The van der Waals surface area contributed by atoms with Crippen LogP contribution in [0, 0.1) is 0 Å². The van der Waals surface area contributed by atoms with Crippen LogP contribution in [0.2, 0.25) is 0 Å². The van der Waals surface area contributed by atoms with Gasteiger partial charge in [-0.25, -0.2) is 4.98 Å². The van der Waals surface area contributed by atoms with Crippen LogP contribution < -0.4 is 15.6 Å². The van der Waals surface area contributed by atoms with E-state index < -0.39 is 11.5 Å². The largest absolute Gasteiger partial charge is 0.495 e. The number of aromatic nitrogens is 2. The molecular formula is C12H11N3O3. The topological polar surface area (TPSA) is 84.1 Å². The molecule has 0 unspecified atom stereocenters. The molecule has 1 heterocycles. The van der Waals surface area contributed by atoms with Gasteiger partial charge in [-0.15, -0.1) is 0 Å². The molecule has 6 heteroatoms. The molecule has 2 rings (SSSR count). The van der Waals surface area contributed by atoms with Crippen molar-refractivity contribution in [2.75, 3.05) is 12.4 Å². The van der Waals surface area contributed by atoms with Crippen LogP contribution in [0.3, 0.4) is 0 Å². The smallest absolute Gasteiger partial charge is 0.263 e. The summed E-state index contributed by atoms with van der Waals surface area (Å²) in [6.45, 7) is 0. The van der Waals surface area contributed by atoms with Gasteiger partial charge in [-0.1, -0.05) is 12.1 Å². The molecule has 0 aliphatic heterocycles. The molecule has 0 aliphatic carbocycles. The minimum Gasteiger partial charge on any atom is -0.495 e. The Morgan fingerprint density at radius 1 is 1.39 bits per heavy atom. The van der Waals surface area contributed by atoms with Crippen molar-refractivity contribution in [3.05, 3.63) is 52.7 Å². The van der Waals surface area contributed by atoms with Crippen LogP contribution in [0.25, 0.3) is 0 Å². The predicted octanol–water partition coefficient (Wildman–Crippen LogP) is 1.03. The number of rotatable bonds is 3. The Morgan fingerprint density at radius 3 is 2.89 bits per heavy atom. The van der Waals surface area contributed by atoms with Crippen LogP contribution in [0.4, 0.5) is 5.69 Å². The Labute approximate surface area is 103 Å². The molecule has 2 aromatic rings. The molecule has 1 amide bonds. The highest BCUT2D eigenvalue weighted by Crippen LogP contribution is 2.23. The summed E-state index contributed by atoms with van der Waals surface area (Å²) in [5.74, 6) is -0.0139. The third-order valence-corrected chi connectivity index (χ3v) is 2.32. The van der Waals surface area contributed by atoms with Crippen molar-refractivity contribution in [2.24, 2.45) is 0 Å². The molecule has 0 bridgehead atoms. The fourth-order valence-electron chi connectivity index (χ4n) is 1.44. The van der Waals surface area contributed by atoms with E-state index in [9.17, 15) is 9.59 Å². The van der Waals surface area contributed by atoms with Gasteiger partial charge in [-0.2, -0.15) is 0 Å². The maximum atomic E-state index is 11.9. The Hall–Kier alpha value is -2.63. The van der Waals surface area contributed by atoms with Crippen LogP contribution in [-0.4, -0.2) is 23.0 Å². The molecule has 0 saturated heterocycles. The number of carbonyl (C=O) groups excluding carboxylic acids is 1. The second-order valence-electron chi connectivity index (χ2n) is 3.45. The summed E-state index contributed by atoms with van der Waals surface area (Å²) in [6.07, 6.45) is 2.44. The quantitative estimate of drug-likeness (QED) is 0.845. The van der Waals surface area contributed by atoms with Gasteiger partial charge in [0.2, 0.25) is 0 Å². The first-order valence-electron chi connectivity index (χ1n) is 5.19. The monoisotopic (exact) mass is 245 g/mol. The Balaban J connectivity index is 2.27. The van der Waals surface area contributed by atoms with Gasteiger partial charge in [0, 0.05) is 6.20 Å². The zero-order valence-corrected chi connectivity index (χ0v) is 9.64. The zero-order valence-electron chi connectivity index (χ0n) is 9.64. The number of benzene rings is 1. The number of amides is 1. The van der Waals surface area contributed by atoms with E-state index in [0.29, 0.717) is 11.4 Å². The number of aromatic amines is 1. The van der Waals surface area contributed by atoms with E-state index in [1.807, 2.05) is 0 Å². The molecule has 0 radical (unpaired) electrons. The molecule has 2 N–H and O–H groups in total. The number of anilines is 1. The van der Waals surface area contributed by atoms with Gasteiger partial charge >= 0.3 is 0 Å². The van der Waals surface area contributed by atoms with Crippen molar-refractivity contribution >= 4 is 11.6 Å². The van der Waals surface area contributed by atoms with Gasteiger partial charge in [-0.3, -0.25) is 9.59 Å². The summed E-state index contributed by atoms with van der Waals surface area (Å²) < 4.78 is 5.10. The fraction of sp³-hybridized carbons (Fsp3) is 0.0833. The normalized spacial score (nSPS) is 9.83. The average molecular weight is 245 g/mol. The van der Waals surface area contributed by atoms with Crippen molar-refractivity contribution in [1.29, 1.82) is 0 Å². The van der Waals surface area contributed by atoms with Crippen LogP contribution >= 0.6 is 0 Å². The molecular weight excluding hydrogens is 234 g/mol. The second kappa shape index (κ2) is 5.13. The number of hydrogen-bond donors (Lipinski definition) is 2. The molecule has 0 saturated carbocycles. The van der Waals surface area contributed by atoms with Crippen LogP contribution in [0.15, 0.2) is 41.6 Å². The summed E-state index contributed by atoms with van der Waals surface area (Å²) in [5, 5.41) is 2.59. The predicted molar refractivity (Wildman–Crippen MR) is 65.8 cm³/mol. The highest BCUT2D eigenvalue weighted by atomic mass is 16.5. The summed E-state index contributed by atoms with van der Waals surface area (Å²) in [7, 11) is 1.50. The SMILES string of the molecule is COc1ccccc1NC(=O)c1cnc[nH]c1=O. The molecule has 92 valence electrons. The van der Waals surface area contributed by atoms with Crippen LogP contribution in [-0.2, 0) is 0 Å². The van der Waals surface area contributed by atoms with Crippen LogP contribution in [0.1, 0.15) is 10.4 Å².